The number of para-hydroxylation sites is 1. The molecule has 0 bridgehead atoms. The quantitative estimate of drug-likeness (QED) is 0.633. The molecule has 0 aliphatic carbocycles. The van der Waals surface area contributed by atoms with Crippen LogP contribution < -0.4 is 10.2 Å². The fourth-order valence-corrected chi connectivity index (χ4v) is 4.98. The minimum Gasteiger partial charge on any atom is -0.368 e. The van der Waals surface area contributed by atoms with Gasteiger partial charge in [-0.3, -0.25) is 9.69 Å². The smallest absolute Gasteiger partial charge is 0.223 e. The zero-order valence-corrected chi connectivity index (χ0v) is 18.9. The number of amides is 1. The number of likely N-dealkylation sites (tertiary alicyclic amines) is 1. The number of hydrogen-bond acceptors (Lipinski definition) is 3. The Kier molecular flexibility index (Phi) is 7.13. The third kappa shape index (κ3) is 5.39. The first-order valence-corrected chi connectivity index (χ1v) is 11.7. The maximum absolute atomic E-state index is 14.0. The zero-order chi connectivity index (χ0) is 21.8. The molecule has 1 amide bonds. The van der Waals surface area contributed by atoms with Gasteiger partial charge in [0.05, 0.1) is 0 Å². The molecule has 1 N–H and O–H groups in total. The number of rotatable bonds is 7. The Morgan fingerprint density at radius 1 is 1.19 bits per heavy atom. The Morgan fingerprint density at radius 3 is 2.74 bits per heavy atom. The van der Waals surface area contributed by atoms with Crippen LogP contribution in [0.4, 0.5) is 10.1 Å². The molecule has 1 saturated heterocycles. The lowest BCUT2D eigenvalue weighted by atomic mass is 9.95. The maximum atomic E-state index is 14.0. The predicted octanol–water partition coefficient (Wildman–Crippen LogP) is 4.65. The van der Waals surface area contributed by atoms with Gasteiger partial charge in [-0.05, 0) is 69.5 Å². The molecule has 1 fully saturated rings. The van der Waals surface area contributed by atoms with Crippen LogP contribution in [0.15, 0.2) is 42.5 Å². The molecule has 2 aromatic carbocycles. The van der Waals surface area contributed by atoms with Gasteiger partial charge in [-0.15, -0.1) is 0 Å². The van der Waals surface area contributed by atoms with Gasteiger partial charge in [-0.25, -0.2) is 4.39 Å². The number of carbonyl (C=O) groups is 1. The number of carbonyl (C=O) groups excluding carboxylic acids is 1. The second-order valence-corrected chi connectivity index (χ2v) is 9.24. The summed E-state index contributed by atoms with van der Waals surface area (Å²) < 4.78 is 14.0. The summed E-state index contributed by atoms with van der Waals surface area (Å²) in [7, 11) is 0. The van der Waals surface area contributed by atoms with Crippen molar-refractivity contribution in [1.82, 2.24) is 10.2 Å². The van der Waals surface area contributed by atoms with Gasteiger partial charge in [-0.1, -0.05) is 35.9 Å². The van der Waals surface area contributed by atoms with E-state index in [1.54, 1.807) is 12.1 Å². The second kappa shape index (κ2) is 10.0. The van der Waals surface area contributed by atoms with E-state index in [2.05, 4.69) is 46.3 Å². The number of halogens is 2. The van der Waals surface area contributed by atoms with Gasteiger partial charge < -0.3 is 10.2 Å². The number of nitrogens with zero attached hydrogens (tertiary/aromatic N) is 2. The van der Waals surface area contributed by atoms with E-state index in [9.17, 15) is 9.18 Å². The molecule has 4 nitrogen and oxygen atoms in total. The summed E-state index contributed by atoms with van der Waals surface area (Å²) in [5.41, 5.74) is 3.42. The van der Waals surface area contributed by atoms with Crippen molar-refractivity contribution in [2.24, 2.45) is 5.92 Å². The average Bonchev–Trinajstić information content (AvgIpc) is 3.08. The maximum Gasteiger partial charge on any atom is 0.223 e. The molecule has 2 heterocycles. The molecule has 31 heavy (non-hydrogen) atoms. The van der Waals surface area contributed by atoms with E-state index in [0.717, 1.165) is 45.3 Å². The van der Waals surface area contributed by atoms with E-state index in [0.29, 0.717) is 29.7 Å². The van der Waals surface area contributed by atoms with Crippen LogP contribution in [-0.4, -0.2) is 43.0 Å². The topological polar surface area (TPSA) is 35.6 Å². The molecule has 0 saturated carbocycles. The molecule has 2 aromatic rings. The van der Waals surface area contributed by atoms with Crippen molar-refractivity contribution in [2.45, 2.75) is 45.2 Å². The lowest BCUT2D eigenvalue weighted by Crippen LogP contribution is -2.41. The number of hydrogen-bond donors (Lipinski definition) is 1. The number of nitrogens with one attached hydrogen (secondary N) is 1. The highest BCUT2D eigenvalue weighted by atomic mass is 35.5. The minimum atomic E-state index is -0.262. The SMILES string of the molecule is C[C@H]1Cc2ccccc2N1CCCNC(=O)C1CCN(Cc2ccc(Cl)cc2F)CC1. The fourth-order valence-electron chi connectivity index (χ4n) is 4.82. The minimum absolute atomic E-state index is 0.0535. The van der Waals surface area contributed by atoms with E-state index in [-0.39, 0.29) is 17.6 Å². The van der Waals surface area contributed by atoms with Gasteiger partial charge >= 0.3 is 0 Å². The standard InChI is InChI=1S/C25H31ClFN3O/c1-18-15-20-5-2-3-6-24(20)30(18)12-4-11-28-25(31)19-9-13-29(14-10-19)17-21-7-8-22(26)16-23(21)27/h2-3,5-8,16,18-19H,4,9-15,17H2,1H3,(H,28,31)/t18-/m0/s1. The Balaban J connectivity index is 1.17. The Labute approximate surface area is 189 Å². The number of anilines is 1. The summed E-state index contributed by atoms with van der Waals surface area (Å²) in [4.78, 5) is 17.3. The molecule has 2 aliphatic rings. The monoisotopic (exact) mass is 443 g/mol. The number of benzene rings is 2. The Bertz CT molecular complexity index is 913. The van der Waals surface area contributed by atoms with Crippen LogP contribution >= 0.6 is 11.6 Å². The summed E-state index contributed by atoms with van der Waals surface area (Å²) in [6, 6.07) is 14.0. The average molecular weight is 444 g/mol. The molecule has 2 aliphatic heterocycles. The first-order chi connectivity index (χ1) is 15.0. The van der Waals surface area contributed by atoms with Crippen molar-refractivity contribution in [3.8, 4) is 0 Å². The molecule has 6 heteroatoms. The van der Waals surface area contributed by atoms with Crippen molar-refractivity contribution >= 4 is 23.2 Å². The molecule has 0 radical (unpaired) electrons. The van der Waals surface area contributed by atoms with Crippen LogP contribution in [-0.2, 0) is 17.8 Å². The highest BCUT2D eigenvalue weighted by Crippen LogP contribution is 2.31. The van der Waals surface area contributed by atoms with Gasteiger partial charge in [-0.2, -0.15) is 0 Å². The van der Waals surface area contributed by atoms with Crippen LogP contribution in [0.25, 0.3) is 0 Å². The first kappa shape index (κ1) is 22.1. The Morgan fingerprint density at radius 2 is 1.97 bits per heavy atom. The molecule has 0 aromatic heterocycles. The molecule has 1 atom stereocenters. The third-order valence-electron chi connectivity index (χ3n) is 6.59. The number of fused-ring (bicyclic) bond motifs is 1. The van der Waals surface area contributed by atoms with Crippen molar-refractivity contribution in [3.05, 3.63) is 64.4 Å². The summed E-state index contributed by atoms with van der Waals surface area (Å²) in [6.07, 6.45) is 3.68. The van der Waals surface area contributed by atoms with Crippen LogP contribution in [0, 0.1) is 11.7 Å². The second-order valence-electron chi connectivity index (χ2n) is 8.81. The first-order valence-electron chi connectivity index (χ1n) is 11.3. The lowest BCUT2D eigenvalue weighted by Gasteiger charge is -2.31. The molecular formula is C25H31ClFN3O. The molecule has 0 unspecified atom stereocenters. The van der Waals surface area contributed by atoms with Crippen LogP contribution in [0.5, 0.6) is 0 Å². The highest BCUT2D eigenvalue weighted by Gasteiger charge is 2.26. The van der Waals surface area contributed by atoms with Gasteiger partial charge in [0, 0.05) is 47.9 Å². The van der Waals surface area contributed by atoms with E-state index in [1.807, 2.05) is 0 Å². The van der Waals surface area contributed by atoms with E-state index in [4.69, 9.17) is 11.6 Å². The van der Waals surface area contributed by atoms with Crippen molar-refractivity contribution in [3.63, 3.8) is 0 Å². The van der Waals surface area contributed by atoms with E-state index >= 15 is 0 Å². The molecule has 0 spiro atoms. The van der Waals surface area contributed by atoms with Gasteiger partial charge in [0.2, 0.25) is 5.91 Å². The summed E-state index contributed by atoms with van der Waals surface area (Å²) >= 11 is 5.83. The zero-order valence-electron chi connectivity index (χ0n) is 18.1. The fraction of sp³-hybridized carbons (Fsp3) is 0.480. The van der Waals surface area contributed by atoms with Crippen LogP contribution in [0.1, 0.15) is 37.3 Å². The van der Waals surface area contributed by atoms with Crippen LogP contribution in [0.2, 0.25) is 5.02 Å². The number of piperidine rings is 1. The normalized spacial score (nSPS) is 19.5. The van der Waals surface area contributed by atoms with Gasteiger partial charge in [0.15, 0.2) is 0 Å². The van der Waals surface area contributed by atoms with Crippen molar-refractivity contribution < 1.29 is 9.18 Å². The molecule has 4 rings (SSSR count). The third-order valence-corrected chi connectivity index (χ3v) is 6.83. The summed E-state index contributed by atoms with van der Waals surface area (Å²) in [5.74, 6) is -0.0488. The largest absolute Gasteiger partial charge is 0.368 e. The molecular weight excluding hydrogens is 413 g/mol. The highest BCUT2D eigenvalue weighted by molar-refractivity contribution is 6.30. The molecule has 166 valence electrons. The predicted molar refractivity (Wildman–Crippen MR) is 124 cm³/mol. The van der Waals surface area contributed by atoms with Gasteiger partial charge in [0.1, 0.15) is 5.82 Å². The van der Waals surface area contributed by atoms with Gasteiger partial charge in [0.25, 0.3) is 0 Å². The van der Waals surface area contributed by atoms with Crippen molar-refractivity contribution in [1.29, 1.82) is 0 Å². The summed E-state index contributed by atoms with van der Waals surface area (Å²) in [6.45, 7) is 6.11. The van der Waals surface area contributed by atoms with E-state index < -0.39 is 0 Å². The lowest BCUT2D eigenvalue weighted by molar-refractivity contribution is -0.126. The summed E-state index contributed by atoms with van der Waals surface area (Å²) in [5, 5.41) is 3.55. The van der Waals surface area contributed by atoms with E-state index in [1.165, 1.54) is 17.3 Å². The van der Waals surface area contributed by atoms with Crippen LogP contribution in [0.3, 0.4) is 0 Å². The van der Waals surface area contributed by atoms with Crippen molar-refractivity contribution in [2.75, 3.05) is 31.1 Å². The Hall–Kier alpha value is -2.11.